The van der Waals surface area contributed by atoms with Gasteiger partial charge in [-0.15, -0.1) is 0 Å². The largest absolute Gasteiger partial charge is 0.454 e. The van der Waals surface area contributed by atoms with E-state index in [0.29, 0.717) is 12.8 Å². The zero-order valence-corrected chi connectivity index (χ0v) is 11.0. The van der Waals surface area contributed by atoms with Crippen LogP contribution >= 0.6 is 0 Å². The summed E-state index contributed by atoms with van der Waals surface area (Å²) in [4.78, 5) is 2.26. The van der Waals surface area contributed by atoms with Crippen LogP contribution in [0.25, 0.3) is 0 Å². The Hall–Kier alpha value is -1.26. The van der Waals surface area contributed by atoms with Crippen LogP contribution in [0.3, 0.4) is 0 Å². The minimum atomic E-state index is 0.247. The van der Waals surface area contributed by atoms with Gasteiger partial charge in [-0.3, -0.25) is 0 Å². The van der Waals surface area contributed by atoms with Crippen molar-refractivity contribution in [3.63, 3.8) is 0 Å². The van der Waals surface area contributed by atoms with Crippen LogP contribution in [0.4, 0.5) is 0 Å². The summed E-state index contributed by atoms with van der Waals surface area (Å²) >= 11 is 0. The second-order valence-electron chi connectivity index (χ2n) is 5.55. The molecule has 18 heavy (non-hydrogen) atoms. The van der Waals surface area contributed by atoms with Crippen molar-refractivity contribution >= 4 is 0 Å². The minimum Gasteiger partial charge on any atom is -0.454 e. The van der Waals surface area contributed by atoms with Crippen molar-refractivity contribution in [1.82, 2.24) is 4.90 Å². The van der Waals surface area contributed by atoms with E-state index in [1.807, 2.05) is 6.07 Å². The van der Waals surface area contributed by atoms with Crippen LogP contribution in [0.5, 0.6) is 11.5 Å². The van der Waals surface area contributed by atoms with E-state index in [1.165, 1.54) is 18.4 Å². The molecule has 1 heterocycles. The standard InChI is InChI=1S/C14H20N2O2/c1-16(2)13(14(8-15)5-6-14)10-3-4-11-12(7-10)18-9-17-11/h3-4,7,13H,5-6,8-9,15H2,1-2H3. The van der Waals surface area contributed by atoms with E-state index in [-0.39, 0.29) is 5.41 Å². The number of hydrogen-bond donors (Lipinski definition) is 1. The Bertz CT molecular complexity index is 455. The van der Waals surface area contributed by atoms with Gasteiger partial charge in [-0.25, -0.2) is 0 Å². The van der Waals surface area contributed by atoms with Crippen molar-refractivity contribution < 1.29 is 9.47 Å². The molecule has 1 aromatic carbocycles. The molecule has 0 amide bonds. The van der Waals surface area contributed by atoms with Gasteiger partial charge in [0.1, 0.15) is 0 Å². The van der Waals surface area contributed by atoms with Crippen molar-refractivity contribution in [2.24, 2.45) is 11.1 Å². The van der Waals surface area contributed by atoms with Gasteiger partial charge in [0.25, 0.3) is 0 Å². The quantitative estimate of drug-likeness (QED) is 0.882. The maximum Gasteiger partial charge on any atom is 0.231 e. The van der Waals surface area contributed by atoms with Gasteiger partial charge < -0.3 is 20.1 Å². The van der Waals surface area contributed by atoms with E-state index >= 15 is 0 Å². The van der Waals surface area contributed by atoms with Crippen molar-refractivity contribution in [1.29, 1.82) is 0 Å². The van der Waals surface area contributed by atoms with Gasteiger partial charge in [0, 0.05) is 11.5 Å². The number of ether oxygens (including phenoxy) is 2. The molecule has 3 rings (SSSR count). The lowest BCUT2D eigenvalue weighted by Gasteiger charge is -2.32. The Labute approximate surface area is 108 Å². The first-order valence-corrected chi connectivity index (χ1v) is 6.42. The van der Waals surface area contributed by atoms with Crippen LogP contribution in [0.2, 0.25) is 0 Å². The molecule has 2 aliphatic rings. The normalized spacial score (nSPS) is 21.1. The molecule has 0 aromatic heterocycles. The Kier molecular flexibility index (Phi) is 2.72. The summed E-state index contributed by atoms with van der Waals surface area (Å²) in [5.74, 6) is 1.70. The molecule has 98 valence electrons. The van der Waals surface area contributed by atoms with Gasteiger partial charge in [0.2, 0.25) is 6.79 Å². The molecule has 1 fully saturated rings. The van der Waals surface area contributed by atoms with E-state index in [9.17, 15) is 0 Å². The second kappa shape index (κ2) is 4.14. The Morgan fingerprint density at radius 3 is 2.61 bits per heavy atom. The van der Waals surface area contributed by atoms with Crippen molar-refractivity contribution in [3.05, 3.63) is 23.8 Å². The van der Waals surface area contributed by atoms with Crippen LogP contribution in [0.15, 0.2) is 18.2 Å². The molecule has 4 heteroatoms. The van der Waals surface area contributed by atoms with Gasteiger partial charge in [-0.1, -0.05) is 6.07 Å². The van der Waals surface area contributed by atoms with Crippen LogP contribution < -0.4 is 15.2 Å². The maximum atomic E-state index is 5.98. The van der Waals surface area contributed by atoms with Gasteiger partial charge >= 0.3 is 0 Å². The Morgan fingerprint density at radius 1 is 1.28 bits per heavy atom. The summed E-state index contributed by atoms with van der Waals surface area (Å²) in [5, 5.41) is 0. The molecule has 1 aromatic rings. The summed E-state index contributed by atoms with van der Waals surface area (Å²) in [7, 11) is 4.23. The zero-order valence-electron chi connectivity index (χ0n) is 11.0. The molecule has 0 radical (unpaired) electrons. The Morgan fingerprint density at radius 2 is 2.00 bits per heavy atom. The SMILES string of the molecule is CN(C)C(c1ccc2c(c1)OCO2)C1(CN)CC1. The van der Waals surface area contributed by atoms with E-state index in [4.69, 9.17) is 15.2 Å². The number of rotatable bonds is 4. The lowest BCUT2D eigenvalue weighted by Crippen LogP contribution is -2.33. The lowest BCUT2D eigenvalue weighted by atomic mass is 9.89. The maximum absolute atomic E-state index is 5.98. The predicted octanol–water partition coefficient (Wildman–Crippen LogP) is 1.76. The number of hydrogen-bond acceptors (Lipinski definition) is 4. The fourth-order valence-electron chi connectivity index (χ4n) is 3.03. The van der Waals surface area contributed by atoms with E-state index in [2.05, 4.69) is 31.1 Å². The van der Waals surface area contributed by atoms with E-state index in [1.54, 1.807) is 0 Å². The number of nitrogens with zero attached hydrogens (tertiary/aromatic N) is 1. The van der Waals surface area contributed by atoms with E-state index < -0.39 is 0 Å². The highest BCUT2D eigenvalue weighted by Crippen LogP contribution is 2.56. The average molecular weight is 248 g/mol. The lowest BCUT2D eigenvalue weighted by molar-refractivity contribution is 0.173. The summed E-state index contributed by atoms with van der Waals surface area (Å²) < 4.78 is 10.8. The van der Waals surface area contributed by atoms with Crippen molar-refractivity contribution in [2.45, 2.75) is 18.9 Å². The monoisotopic (exact) mass is 248 g/mol. The van der Waals surface area contributed by atoms with Gasteiger partial charge in [-0.05, 0) is 51.2 Å². The molecule has 0 spiro atoms. The average Bonchev–Trinajstić information content (AvgIpc) is 2.99. The smallest absolute Gasteiger partial charge is 0.231 e. The highest BCUT2D eigenvalue weighted by atomic mass is 16.7. The minimum absolute atomic E-state index is 0.247. The number of benzene rings is 1. The fraction of sp³-hybridized carbons (Fsp3) is 0.571. The molecule has 4 nitrogen and oxygen atoms in total. The van der Waals surface area contributed by atoms with Crippen LogP contribution in [-0.2, 0) is 0 Å². The molecule has 1 atom stereocenters. The van der Waals surface area contributed by atoms with Crippen LogP contribution in [0, 0.1) is 5.41 Å². The van der Waals surface area contributed by atoms with Crippen molar-refractivity contribution in [2.75, 3.05) is 27.4 Å². The highest BCUT2D eigenvalue weighted by Gasteiger charge is 2.49. The zero-order chi connectivity index (χ0) is 12.8. The molecular formula is C14H20N2O2. The first-order chi connectivity index (χ1) is 8.66. The topological polar surface area (TPSA) is 47.7 Å². The predicted molar refractivity (Wildman–Crippen MR) is 69.7 cm³/mol. The third kappa shape index (κ3) is 1.76. The van der Waals surface area contributed by atoms with Gasteiger partial charge in [0.15, 0.2) is 11.5 Å². The van der Waals surface area contributed by atoms with Gasteiger partial charge in [-0.2, -0.15) is 0 Å². The molecule has 1 aliphatic heterocycles. The van der Waals surface area contributed by atoms with Crippen LogP contribution in [-0.4, -0.2) is 32.3 Å². The molecule has 2 N–H and O–H groups in total. The Balaban J connectivity index is 1.96. The molecule has 1 saturated carbocycles. The highest BCUT2D eigenvalue weighted by molar-refractivity contribution is 5.46. The summed E-state index contributed by atoms with van der Waals surface area (Å²) in [5.41, 5.74) is 7.49. The third-order valence-corrected chi connectivity index (χ3v) is 4.11. The second-order valence-corrected chi connectivity index (χ2v) is 5.55. The molecule has 1 unspecified atom stereocenters. The summed E-state index contributed by atoms with van der Waals surface area (Å²) in [6.07, 6.45) is 2.42. The number of nitrogens with two attached hydrogens (primary N) is 1. The fourth-order valence-corrected chi connectivity index (χ4v) is 3.03. The molecule has 1 aliphatic carbocycles. The molecule has 0 saturated heterocycles. The van der Waals surface area contributed by atoms with Crippen LogP contribution in [0.1, 0.15) is 24.4 Å². The summed E-state index contributed by atoms with van der Waals surface area (Å²) in [6.45, 7) is 1.07. The third-order valence-electron chi connectivity index (χ3n) is 4.11. The van der Waals surface area contributed by atoms with Crippen molar-refractivity contribution in [3.8, 4) is 11.5 Å². The molecular weight excluding hydrogens is 228 g/mol. The molecule has 0 bridgehead atoms. The summed E-state index contributed by atoms with van der Waals surface area (Å²) in [6, 6.07) is 6.59. The van der Waals surface area contributed by atoms with Gasteiger partial charge in [0.05, 0.1) is 0 Å². The first kappa shape index (κ1) is 11.8. The van der Waals surface area contributed by atoms with E-state index in [0.717, 1.165) is 18.0 Å². The number of fused-ring (bicyclic) bond motifs is 1. The first-order valence-electron chi connectivity index (χ1n) is 6.42.